The maximum atomic E-state index is 5.25. The number of benzene rings is 1. The minimum Gasteiger partial charge on any atom is -0.378 e. The van der Waals surface area contributed by atoms with Gasteiger partial charge in [-0.1, -0.05) is 18.2 Å². The fourth-order valence-electron chi connectivity index (χ4n) is 1.95. The van der Waals surface area contributed by atoms with Crippen molar-refractivity contribution in [1.82, 2.24) is 14.9 Å². The zero-order valence-electron chi connectivity index (χ0n) is 12.2. The molecule has 3 rings (SSSR count). The molecule has 0 atom stereocenters. The van der Waals surface area contributed by atoms with Crippen molar-refractivity contribution in [1.29, 1.82) is 0 Å². The molecule has 0 aliphatic rings. The quantitative estimate of drug-likeness (QED) is 0.587. The molecule has 2 aromatic heterocycles. The molecule has 0 fully saturated rings. The molecule has 22 heavy (non-hydrogen) atoms. The fourth-order valence-corrected chi connectivity index (χ4v) is 2.82. The highest BCUT2D eigenvalue weighted by Gasteiger charge is 2.08. The van der Waals surface area contributed by atoms with Crippen LogP contribution >= 0.6 is 23.6 Å². The molecule has 0 amide bonds. The normalized spacial score (nSPS) is 11.2. The number of nitrogens with one attached hydrogen (secondary N) is 1. The summed E-state index contributed by atoms with van der Waals surface area (Å²) in [6.07, 6.45) is 1.78. The molecule has 0 radical (unpaired) electrons. The highest BCUT2D eigenvalue weighted by Crippen LogP contribution is 2.22. The number of H-pyrrole nitrogens is 1. The second-order valence-corrected chi connectivity index (χ2v) is 6.21. The summed E-state index contributed by atoms with van der Waals surface area (Å²) < 4.78 is 2.12. The van der Waals surface area contributed by atoms with Crippen LogP contribution in [0.25, 0.3) is 10.7 Å². The van der Waals surface area contributed by atoms with E-state index in [-0.39, 0.29) is 0 Å². The van der Waals surface area contributed by atoms with Gasteiger partial charge in [-0.25, -0.2) is 5.10 Å². The largest absolute Gasteiger partial charge is 0.378 e. The Morgan fingerprint density at radius 1 is 1.27 bits per heavy atom. The Balaban J connectivity index is 1.90. The number of aromatic amines is 1. The van der Waals surface area contributed by atoms with Crippen LogP contribution in [0.4, 0.5) is 5.69 Å². The van der Waals surface area contributed by atoms with Crippen LogP contribution in [0, 0.1) is 4.77 Å². The zero-order chi connectivity index (χ0) is 15.5. The van der Waals surface area contributed by atoms with E-state index in [2.05, 4.69) is 32.3 Å². The monoisotopic (exact) mass is 329 g/mol. The first-order chi connectivity index (χ1) is 10.6. The Morgan fingerprint density at radius 3 is 2.68 bits per heavy atom. The lowest BCUT2D eigenvalue weighted by Crippen LogP contribution is -2.08. The van der Waals surface area contributed by atoms with E-state index in [9.17, 15) is 0 Å². The Kier molecular flexibility index (Phi) is 4.17. The summed E-state index contributed by atoms with van der Waals surface area (Å²) in [7, 11) is 4.03. The van der Waals surface area contributed by atoms with Crippen molar-refractivity contribution in [2.24, 2.45) is 5.10 Å². The molecule has 0 saturated carbocycles. The average molecular weight is 329 g/mol. The molecule has 0 bridgehead atoms. The molecular formula is C15H15N5S2. The number of anilines is 1. The third-order valence-corrected chi connectivity index (χ3v) is 4.25. The topological polar surface area (TPSA) is 49.2 Å². The van der Waals surface area contributed by atoms with Crippen molar-refractivity contribution in [2.75, 3.05) is 19.0 Å². The number of hydrogen-bond acceptors (Lipinski definition) is 5. The van der Waals surface area contributed by atoms with Gasteiger partial charge in [0.25, 0.3) is 0 Å². The van der Waals surface area contributed by atoms with Crippen LogP contribution in [-0.4, -0.2) is 35.2 Å². The third-order valence-electron chi connectivity index (χ3n) is 3.12. The standard InChI is InChI=1S/C15H15N5S2/c1-19(2)12-7-5-11(6-8-12)10-16-20-14(17-18-15(20)21)13-4-3-9-22-13/h3-10H,1-2H3,(H,18,21)/b16-10+. The average Bonchev–Trinajstić information content (AvgIpc) is 3.15. The van der Waals surface area contributed by atoms with Crippen LogP contribution < -0.4 is 4.90 Å². The summed E-state index contributed by atoms with van der Waals surface area (Å²) in [5, 5.41) is 13.5. The first kappa shape index (κ1) is 14.7. The maximum Gasteiger partial charge on any atom is 0.216 e. The summed E-state index contributed by atoms with van der Waals surface area (Å²) in [6, 6.07) is 12.1. The Hall–Kier alpha value is -2.25. The summed E-state index contributed by atoms with van der Waals surface area (Å²) in [6.45, 7) is 0. The molecule has 3 aromatic rings. The van der Waals surface area contributed by atoms with E-state index in [0.717, 1.165) is 22.0 Å². The van der Waals surface area contributed by atoms with E-state index in [1.165, 1.54) is 0 Å². The molecule has 0 unspecified atom stereocenters. The molecule has 2 heterocycles. The van der Waals surface area contributed by atoms with Gasteiger partial charge in [-0.3, -0.25) is 0 Å². The smallest absolute Gasteiger partial charge is 0.216 e. The number of aromatic nitrogens is 3. The van der Waals surface area contributed by atoms with Gasteiger partial charge in [0, 0.05) is 19.8 Å². The van der Waals surface area contributed by atoms with E-state index >= 15 is 0 Å². The first-order valence-electron chi connectivity index (χ1n) is 6.68. The number of nitrogens with zero attached hydrogens (tertiary/aromatic N) is 4. The summed E-state index contributed by atoms with van der Waals surface area (Å²) in [5.74, 6) is 0.723. The van der Waals surface area contributed by atoms with Crippen molar-refractivity contribution < 1.29 is 0 Å². The van der Waals surface area contributed by atoms with E-state index in [0.29, 0.717) is 4.77 Å². The second-order valence-electron chi connectivity index (χ2n) is 4.87. The highest BCUT2D eigenvalue weighted by atomic mass is 32.1. The van der Waals surface area contributed by atoms with Gasteiger partial charge >= 0.3 is 0 Å². The Morgan fingerprint density at radius 2 is 2.05 bits per heavy atom. The predicted molar refractivity (Wildman–Crippen MR) is 94.5 cm³/mol. The molecule has 0 saturated heterocycles. The lowest BCUT2D eigenvalue weighted by atomic mass is 10.2. The van der Waals surface area contributed by atoms with Crippen molar-refractivity contribution >= 4 is 35.5 Å². The molecule has 1 aromatic carbocycles. The van der Waals surface area contributed by atoms with E-state index in [1.807, 2.05) is 43.7 Å². The van der Waals surface area contributed by atoms with Crippen LogP contribution in [0.2, 0.25) is 0 Å². The number of rotatable bonds is 4. The Bertz CT molecular complexity index is 826. The molecule has 0 aliphatic carbocycles. The summed E-state index contributed by atoms with van der Waals surface area (Å²) >= 11 is 6.85. The minimum absolute atomic E-state index is 0.476. The van der Waals surface area contributed by atoms with Crippen LogP contribution in [0.15, 0.2) is 46.9 Å². The Labute approximate surface area is 137 Å². The fraction of sp³-hybridized carbons (Fsp3) is 0.133. The van der Waals surface area contributed by atoms with Crippen molar-refractivity contribution in [2.45, 2.75) is 0 Å². The molecule has 112 valence electrons. The minimum atomic E-state index is 0.476. The zero-order valence-corrected chi connectivity index (χ0v) is 13.9. The van der Waals surface area contributed by atoms with Crippen molar-refractivity contribution in [3.05, 3.63) is 52.1 Å². The van der Waals surface area contributed by atoms with Gasteiger partial charge in [0.2, 0.25) is 4.77 Å². The van der Waals surface area contributed by atoms with Crippen molar-refractivity contribution in [3.8, 4) is 10.7 Å². The van der Waals surface area contributed by atoms with Gasteiger partial charge in [-0.05, 0) is 41.4 Å². The maximum absolute atomic E-state index is 5.25. The van der Waals surface area contributed by atoms with Crippen LogP contribution in [0.3, 0.4) is 0 Å². The molecule has 7 heteroatoms. The van der Waals surface area contributed by atoms with Crippen LogP contribution in [0.1, 0.15) is 5.56 Å². The SMILES string of the molecule is CN(C)c1ccc(/C=N/n2c(-c3cccs3)n[nH]c2=S)cc1. The third kappa shape index (κ3) is 3.00. The highest BCUT2D eigenvalue weighted by molar-refractivity contribution is 7.71. The van der Waals surface area contributed by atoms with Gasteiger partial charge in [-0.15, -0.1) is 11.3 Å². The van der Waals surface area contributed by atoms with Gasteiger partial charge in [-0.2, -0.15) is 14.9 Å². The van der Waals surface area contributed by atoms with Gasteiger partial charge in [0.05, 0.1) is 11.1 Å². The first-order valence-corrected chi connectivity index (χ1v) is 7.97. The number of thiophene rings is 1. The summed E-state index contributed by atoms with van der Waals surface area (Å²) in [5.41, 5.74) is 2.15. The molecule has 0 aliphatic heterocycles. The molecular weight excluding hydrogens is 314 g/mol. The van der Waals surface area contributed by atoms with E-state index < -0.39 is 0 Å². The van der Waals surface area contributed by atoms with Crippen LogP contribution in [-0.2, 0) is 0 Å². The van der Waals surface area contributed by atoms with Gasteiger partial charge < -0.3 is 4.90 Å². The van der Waals surface area contributed by atoms with E-state index in [4.69, 9.17) is 12.2 Å². The van der Waals surface area contributed by atoms with Gasteiger partial charge in [0.1, 0.15) is 0 Å². The predicted octanol–water partition coefficient (Wildman–Crippen LogP) is 3.62. The lowest BCUT2D eigenvalue weighted by molar-refractivity contribution is 0.873. The number of hydrogen-bond donors (Lipinski definition) is 1. The van der Waals surface area contributed by atoms with Crippen LogP contribution in [0.5, 0.6) is 0 Å². The molecule has 5 nitrogen and oxygen atoms in total. The second kappa shape index (κ2) is 6.25. The molecule has 1 N–H and O–H groups in total. The molecule has 0 spiro atoms. The summed E-state index contributed by atoms with van der Waals surface area (Å²) in [4.78, 5) is 3.08. The van der Waals surface area contributed by atoms with Crippen molar-refractivity contribution in [3.63, 3.8) is 0 Å². The van der Waals surface area contributed by atoms with E-state index in [1.54, 1.807) is 22.2 Å². The van der Waals surface area contributed by atoms with Gasteiger partial charge in [0.15, 0.2) is 5.82 Å². The lowest BCUT2D eigenvalue weighted by Gasteiger charge is -2.11.